The van der Waals surface area contributed by atoms with Gasteiger partial charge in [-0.05, 0) is 51.7 Å². The lowest BCUT2D eigenvalue weighted by Crippen LogP contribution is -2.49. The molecular formula is C17H28N2O2. The normalized spacial score (nSPS) is 23.5. The van der Waals surface area contributed by atoms with Crippen LogP contribution < -0.4 is 4.74 Å². The van der Waals surface area contributed by atoms with E-state index in [0.29, 0.717) is 18.6 Å². The van der Waals surface area contributed by atoms with Crippen molar-refractivity contribution in [2.75, 3.05) is 40.4 Å². The highest BCUT2D eigenvalue weighted by atomic mass is 16.5. The van der Waals surface area contributed by atoms with Crippen molar-refractivity contribution in [3.05, 3.63) is 29.8 Å². The molecule has 1 aromatic rings. The number of hydrogen-bond acceptors (Lipinski definition) is 4. The molecule has 0 bridgehead atoms. The molecule has 1 fully saturated rings. The Bertz CT molecular complexity index is 437. The molecule has 2 rings (SSSR count). The summed E-state index contributed by atoms with van der Waals surface area (Å²) in [6.45, 7) is 5.93. The predicted octanol–water partition coefficient (Wildman–Crippen LogP) is 1.83. The third-order valence-corrected chi connectivity index (χ3v) is 4.29. The highest BCUT2D eigenvalue weighted by Gasteiger charge is 2.29. The van der Waals surface area contributed by atoms with Gasteiger partial charge in [-0.15, -0.1) is 0 Å². The van der Waals surface area contributed by atoms with Crippen molar-refractivity contribution < 1.29 is 9.84 Å². The number of ether oxygens (including phenoxy) is 1. The fourth-order valence-corrected chi connectivity index (χ4v) is 3.26. The summed E-state index contributed by atoms with van der Waals surface area (Å²) in [6.07, 6.45) is 1.11. The summed E-state index contributed by atoms with van der Waals surface area (Å²) in [7, 11) is 4.21. The molecule has 0 aromatic heterocycles. The Morgan fingerprint density at radius 2 is 2.19 bits per heavy atom. The van der Waals surface area contributed by atoms with Crippen molar-refractivity contribution in [1.29, 1.82) is 0 Å². The van der Waals surface area contributed by atoms with Gasteiger partial charge in [0.25, 0.3) is 0 Å². The van der Waals surface area contributed by atoms with E-state index in [0.717, 1.165) is 31.8 Å². The second kappa shape index (κ2) is 7.78. The highest BCUT2D eigenvalue weighted by molar-refractivity contribution is 5.28. The van der Waals surface area contributed by atoms with Gasteiger partial charge in [0, 0.05) is 31.7 Å². The molecule has 0 radical (unpaired) electrons. The molecule has 2 unspecified atom stereocenters. The van der Waals surface area contributed by atoms with Crippen LogP contribution in [0, 0.1) is 5.92 Å². The van der Waals surface area contributed by atoms with Crippen molar-refractivity contribution in [2.24, 2.45) is 5.92 Å². The van der Waals surface area contributed by atoms with Crippen LogP contribution >= 0.6 is 0 Å². The van der Waals surface area contributed by atoms with Crippen LogP contribution in [-0.4, -0.2) is 61.3 Å². The van der Waals surface area contributed by atoms with E-state index in [1.807, 2.05) is 13.0 Å². The number of benzene rings is 1. The summed E-state index contributed by atoms with van der Waals surface area (Å²) in [4.78, 5) is 4.68. The van der Waals surface area contributed by atoms with E-state index in [4.69, 9.17) is 4.74 Å². The third kappa shape index (κ3) is 4.43. The van der Waals surface area contributed by atoms with Gasteiger partial charge < -0.3 is 14.7 Å². The van der Waals surface area contributed by atoms with Crippen molar-refractivity contribution in [3.8, 4) is 5.75 Å². The van der Waals surface area contributed by atoms with Crippen LogP contribution in [0.4, 0.5) is 0 Å². The van der Waals surface area contributed by atoms with E-state index in [9.17, 15) is 5.11 Å². The molecule has 4 nitrogen and oxygen atoms in total. The van der Waals surface area contributed by atoms with Crippen molar-refractivity contribution in [2.45, 2.75) is 25.9 Å². The summed E-state index contributed by atoms with van der Waals surface area (Å²) in [5, 5.41) is 9.63. The lowest BCUT2D eigenvalue weighted by molar-refractivity contribution is 0.0454. The summed E-state index contributed by atoms with van der Waals surface area (Å²) in [5.74, 6) is 1.28. The first-order valence-corrected chi connectivity index (χ1v) is 7.85. The zero-order chi connectivity index (χ0) is 15.2. The lowest BCUT2D eigenvalue weighted by Gasteiger charge is -2.40. The molecule has 0 amide bonds. The van der Waals surface area contributed by atoms with Gasteiger partial charge in [0.05, 0.1) is 6.61 Å². The molecule has 0 spiro atoms. The minimum atomic E-state index is 0.262. The average Bonchev–Trinajstić information content (AvgIpc) is 2.47. The maximum atomic E-state index is 9.63. The number of likely N-dealkylation sites (tertiary alicyclic amines) is 1. The van der Waals surface area contributed by atoms with Crippen molar-refractivity contribution in [1.82, 2.24) is 9.80 Å². The Balaban J connectivity index is 1.96. The van der Waals surface area contributed by atoms with Crippen LogP contribution in [0.25, 0.3) is 0 Å². The Morgan fingerprint density at radius 3 is 2.86 bits per heavy atom. The van der Waals surface area contributed by atoms with Crippen LogP contribution in [0.2, 0.25) is 0 Å². The number of nitrogens with zero attached hydrogens (tertiary/aromatic N) is 2. The SMILES string of the molecule is CCOc1cccc(CN2CCC(N(C)C)C(CO)C2)c1. The number of aliphatic hydroxyl groups is 1. The highest BCUT2D eigenvalue weighted by Crippen LogP contribution is 2.23. The molecule has 0 saturated carbocycles. The number of hydrogen-bond donors (Lipinski definition) is 1. The van der Waals surface area contributed by atoms with E-state index >= 15 is 0 Å². The van der Waals surface area contributed by atoms with E-state index in [-0.39, 0.29) is 6.61 Å². The van der Waals surface area contributed by atoms with Gasteiger partial charge in [-0.1, -0.05) is 12.1 Å². The molecule has 4 heteroatoms. The first-order chi connectivity index (χ1) is 10.1. The van der Waals surface area contributed by atoms with Gasteiger partial charge in [0.1, 0.15) is 5.75 Å². The van der Waals surface area contributed by atoms with Gasteiger partial charge in [0.2, 0.25) is 0 Å². The number of aliphatic hydroxyl groups excluding tert-OH is 1. The Kier molecular flexibility index (Phi) is 6.03. The molecule has 2 atom stereocenters. The zero-order valence-electron chi connectivity index (χ0n) is 13.5. The van der Waals surface area contributed by atoms with Crippen LogP contribution in [0.15, 0.2) is 24.3 Å². The Morgan fingerprint density at radius 1 is 1.38 bits per heavy atom. The first-order valence-electron chi connectivity index (χ1n) is 7.85. The molecule has 0 aliphatic carbocycles. The van der Waals surface area contributed by atoms with Gasteiger partial charge in [-0.25, -0.2) is 0 Å². The lowest BCUT2D eigenvalue weighted by atomic mass is 9.91. The summed E-state index contributed by atoms with van der Waals surface area (Å²) < 4.78 is 5.56. The topological polar surface area (TPSA) is 35.9 Å². The van der Waals surface area contributed by atoms with Gasteiger partial charge in [-0.3, -0.25) is 4.90 Å². The van der Waals surface area contributed by atoms with Crippen LogP contribution in [-0.2, 0) is 6.54 Å². The molecule has 1 saturated heterocycles. The second-order valence-electron chi connectivity index (χ2n) is 6.08. The predicted molar refractivity (Wildman–Crippen MR) is 85.6 cm³/mol. The number of piperidine rings is 1. The molecule has 118 valence electrons. The van der Waals surface area contributed by atoms with Crippen LogP contribution in [0.5, 0.6) is 5.75 Å². The summed E-state index contributed by atoms with van der Waals surface area (Å²) in [5.41, 5.74) is 1.28. The minimum Gasteiger partial charge on any atom is -0.494 e. The third-order valence-electron chi connectivity index (χ3n) is 4.29. The fourth-order valence-electron chi connectivity index (χ4n) is 3.26. The summed E-state index contributed by atoms with van der Waals surface area (Å²) >= 11 is 0. The minimum absolute atomic E-state index is 0.262. The van der Waals surface area contributed by atoms with Gasteiger partial charge in [-0.2, -0.15) is 0 Å². The van der Waals surface area contributed by atoms with E-state index < -0.39 is 0 Å². The number of rotatable bonds is 6. The molecule has 1 aliphatic rings. The molecular weight excluding hydrogens is 264 g/mol. The monoisotopic (exact) mass is 292 g/mol. The van der Waals surface area contributed by atoms with Crippen LogP contribution in [0.3, 0.4) is 0 Å². The molecule has 1 heterocycles. The van der Waals surface area contributed by atoms with E-state index in [1.165, 1.54) is 5.56 Å². The second-order valence-corrected chi connectivity index (χ2v) is 6.08. The maximum Gasteiger partial charge on any atom is 0.119 e. The van der Waals surface area contributed by atoms with E-state index in [1.54, 1.807) is 0 Å². The van der Waals surface area contributed by atoms with Gasteiger partial charge >= 0.3 is 0 Å². The summed E-state index contributed by atoms with van der Waals surface area (Å²) in [6, 6.07) is 8.81. The first kappa shape index (κ1) is 16.3. The fraction of sp³-hybridized carbons (Fsp3) is 0.647. The molecule has 21 heavy (non-hydrogen) atoms. The Hall–Kier alpha value is -1.10. The molecule has 1 N–H and O–H groups in total. The quantitative estimate of drug-likeness (QED) is 0.868. The molecule has 1 aromatic carbocycles. The largest absolute Gasteiger partial charge is 0.494 e. The van der Waals surface area contributed by atoms with Crippen LogP contribution in [0.1, 0.15) is 18.9 Å². The standard InChI is InChI=1S/C17H28N2O2/c1-4-21-16-7-5-6-14(10-16)11-19-9-8-17(18(2)3)15(12-19)13-20/h5-7,10,15,17,20H,4,8-9,11-13H2,1-3H3. The van der Waals surface area contributed by atoms with Gasteiger partial charge in [0.15, 0.2) is 0 Å². The molecule has 1 aliphatic heterocycles. The maximum absolute atomic E-state index is 9.63. The zero-order valence-corrected chi connectivity index (χ0v) is 13.5. The average molecular weight is 292 g/mol. The smallest absolute Gasteiger partial charge is 0.119 e. The Labute approximate surface area is 128 Å². The van der Waals surface area contributed by atoms with Crippen molar-refractivity contribution in [3.63, 3.8) is 0 Å². The van der Waals surface area contributed by atoms with Crippen molar-refractivity contribution >= 4 is 0 Å². The van der Waals surface area contributed by atoms with E-state index in [2.05, 4.69) is 42.1 Å².